The highest BCUT2D eigenvalue weighted by molar-refractivity contribution is 6.05. The molecule has 22 heavy (non-hydrogen) atoms. The lowest BCUT2D eigenvalue weighted by molar-refractivity contribution is 0.558. The van der Waals surface area contributed by atoms with Crippen LogP contribution < -0.4 is 5.43 Å². The Morgan fingerprint density at radius 3 is 3.05 bits per heavy atom. The predicted molar refractivity (Wildman–Crippen MR) is 88.0 cm³/mol. The minimum absolute atomic E-state index is 0.536. The van der Waals surface area contributed by atoms with Crippen LogP contribution in [0.5, 0.6) is 0 Å². The first-order valence-corrected chi connectivity index (χ1v) is 7.77. The fourth-order valence-corrected chi connectivity index (χ4v) is 3.06. The smallest absolute Gasteiger partial charge is 0.197 e. The van der Waals surface area contributed by atoms with Crippen LogP contribution in [0.2, 0.25) is 0 Å². The average Bonchev–Trinajstić information content (AvgIpc) is 2.93. The first-order valence-electron chi connectivity index (χ1n) is 7.77. The molecule has 4 rings (SSSR count). The van der Waals surface area contributed by atoms with Crippen LogP contribution in [0, 0.1) is 5.92 Å². The largest absolute Gasteiger partial charge is 0.450 e. The lowest BCUT2D eigenvalue weighted by Crippen LogP contribution is -2.17. The molecule has 1 aliphatic rings. The molecule has 5 nitrogen and oxygen atoms in total. The van der Waals surface area contributed by atoms with E-state index in [4.69, 9.17) is 4.42 Å². The normalized spacial score (nSPS) is 20.8. The first-order chi connectivity index (χ1) is 10.8. The molecule has 0 bridgehead atoms. The van der Waals surface area contributed by atoms with Crippen LogP contribution in [0.15, 0.2) is 40.1 Å². The molecule has 3 aromatic rings. The Kier molecular flexibility index (Phi) is 3.25. The third-order valence-corrected chi connectivity index (χ3v) is 4.35. The number of hydrazone groups is 1. The first kappa shape index (κ1) is 13.2. The van der Waals surface area contributed by atoms with Gasteiger partial charge in [-0.2, -0.15) is 5.10 Å². The second-order valence-corrected chi connectivity index (χ2v) is 5.86. The maximum Gasteiger partial charge on any atom is 0.197 e. The van der Waals surface area contributed by atoms with Crippen molar-refractivity contribution in [2.24, 2.45) is 11.0 Å². The molecule has 1 aliphatic carbocycles. The zero-order valence-corrected chi connectivity index (χ0v) is 12.5. The molecule has 112 valence electrons. The standard InChI is InChI=1S/C17H18N4O/c1-11-6-2-4-8-13(11)20-21-17-16-15(18-10-19-17)12-7-3-5-9-14(12)22-16/h3,5,7,9-11H,2,4,6,8H2,1H3,(H,18,19,21)/t11-/m0/s1. The Morgan fingerprint density at radius 2 is 2.14 bits per heavy atom. The summed E-state index contributed by atoms with van der Waals surface area (Å²) in [5, 5.41) is 5.57. The van der Waals surface area contributed by atoms with E-state index in [1.54, 1.807) is 6.33 Å². The van der Waals surface area contributed by atoms with E-state index in [1.807, 2.05) is 24.3 Å². The van der Waals surface area contributed by atoms with Crippen molar-refractivity contribution < 1.29 is 4.42 Å². The highest BCUT2D eigenvalue weighted by Gasteiger charge is 2.17. The average molecular weight is 294 g/mol. The zero-order chi connectivity index (χ0) is 14.9. The number of aromatic nitrogens is 2. The van der Waals surface area contributed by atoms with Crippen LogP contribution in [0.3, 0.4) is 0 Å². The Morgan fingerprint density at radius 1 is 1.23 bits per heavy atom. The number of anilines is 1. The number of para-hydroxylation sites is 1. The molecule has 5 heteroatoms. The van der Waals surface area contributed by atoms with Crippen molar-refractivity contribution in [1.82, 2.24) is 9.97 Å². The number of fused-ring (bicyclic) bond motifs is 3. The van der Waals surface area contributed by atoms with E-state index < -0.39 is 0 Å². The predicted octanol–water partition coefficient (Wildman–Crippen LogP) is 4.35. The van der Waals surface area contributed by atoms with E-state index in [-0.39, 0.29) is 0 Å². The number of furan rings is 1. The molecule has 1 aromatic carbocycles. The number of rotatable bonds is 2. The maximum atomic E-state index is 5.89. The summed E-state index contributed by atoms with van der Waals surface area (Å²) in [5.41, 5.74) is 6.62. The van der Waals surface area contributed by atoms with Crippen molar-refractivity contribution in [3.8, 4) is 0 Å². The highest BCUT2D eigenvalue weighted by atomic mass is 16.3. The second kappa shape index (κ2) is 5.40. The van der Waals surface area contributed by atoms with Crippen LogP contribution in [0.1, 0.15) is 32.6 Å². The van der Waals surface area contributed by atoms with Gasteiger partial charge in [0.1, 0.15) is 17.4 Å². The van der Waals surface area contributed by atoms with E-state index >= 15 is 0 Å². The van der Waals surface area contributed by atoms with Gasteiger partial charge in [-0.15, -0.1) is 0 Å². The van der Waals surface area contributed by atoms with Gasteiger partial charge in [0.2, 0.25) is 0 Å². The fraction of sp³-hybridized carbons (Fsp3) is 0.353. The zero-order valence-electron chi connectivity index (χ0n) is 12.5. The summed E-state index contributed by atoms with van der Waals surface area (Å²) in [6.07, 6.45) is 6.33. The van der Waals surface area contributed by atoms with Gasteiger partial charge in [0.25, 0.3) is 0 Å². The molecule has 0 amide bonds. The second-order valence-electron chi connectivity index (χ2n) is 5.86. The van der Waals surface area contributed by atoms with E-state index in [9.17, 15) is 0 Å². The summed E-state index contributed by atoms with van der Waals surface area (Å²) in [6.45, 7) is 2.23. The Hall–Kier alpha value is -2.43. The molecule has 0 spiro atoms. The van der Waals surface area contributed by atoms with E-state index in [0.717, 1.165) is 22.9 Å². The van der Waals surface area contributed by atoms with E-state index in [0.29, 0.717) is 17.3 Å². The van der Waals surface area contributed by atoms with E-state index in [2.05, 4.69) is 27.4 Å². The van der Waals surface area contributed by atoms with Gasteiger partial charge in [-0.25, -0.2) is 9.97 Å². The van der Waals surface area contributed by atoms with Crippen LogP contribution in [0.25, 0.3) is 22.1 Å². The lowest BCUT2D eigenvalue weighted by Gasteiger charge is -2.19. The summed E-state index contributed by atoms with van der Waals surface area (Å²) in [7, 11) is 0. The molecule has 0 saturated heterocycles. The van der Waals surface area contributed by atoms with Gasteiger partial charge in [-0.1, -0.05) is 25.5 Å². The summed E-state index contributed by atoms with van der Waals surface area (Å²) in [5.74, 6) is 1.17. The maximum absolute atomic E-state index is 5.89. The SMILES string of the molecule is C[C@H]1CCCCC1=NNc1ncnc2c1oc1ccccc12. The van der Waals surface area contributed by atoms with Crippen LogP contribution in [-0.4, -0.2) is 15.7 Å². The summed E-state index contributed by atoms with van der Waals surface area (Å²) < 4.78 is 5.89. The van der Waals surface area contributed by atoms with Gasteiger partial charge < -0.3 is 4.42 Å². The van der Waals surface area contributed by atoms with Gasteiger partial charge >= 0.3 is 0 Å². The van der Waals surface area contributed by atoms with Crippen molar-refractivity contribution in [3.63, 3.8) is 0 Å². The summed E-state index contributed by atoms with van der Waals surface area (Å²) >= 11 is 0. The summed E-state index contributed by atoms with van der Waals surface area (Å²) in [4.78, 5) is 8.63. The quantitative estimate of drug-likeness (QED) is 0.713. The lowest BCUT2D eigenvalue weighted by atomic mass is 9.89. The van der Waals surface area contributed by atoms with Gasteiger partial charge in [0.05, 0.1) is 0 Å². The number of nitrogens with zero attached hydrogens (tertiary/aromatic N) is 3. The Balaban J connectivity index is 1.74. The third-order valence-electron chi connectivity index (χ3n) is 4.35. The van der Waals surface area contributed by atoms with Crippen LogP contribution >= 0.6 is 0 Å². The molecule has 2 aromatic heterocycles. The number of hydrogen-bond acceptors (Lipinski definition) is 5. The molecular weight excluding hydrogens is 276 g/mol. The fourth-order valence-electron chi connectivity index (χ4n) is 3.06. The van der Waals surface area contributed by atoms with Crippen molar-refractivity contribution in [1.29, 1.82) is 0 Å². The van der Waals surface area contributed by atoms with Gasteiger partial charge in [-0.3, -0.25) is 5.43 Å². The molecule has 1 N–H and O–H groups in total. The third kappa shape index (κ3) is 2.22. The molecule has 0 aliphatic heterocycles. The topological polar surface area (TPSA) is 63.3 Å². The molecular formula is C17H18N4O. The number of benzene rings is 1. The van der Waals surface area contributed by atoms with Crippen LogP contribution in [-0.2, 0) is 0 Å². The number of nitrogens with one attached hydrogen (secondary N) is 1. The Labute approximate surface area is 128 Å². The molecule has 1 fully saturated rings. The van der Waals surface area contributed by atoms with E-state index in [1.165, 1.54) is 25.0 Å². The highest BCUT2D eigenvalue weighted by Crippen LogP contribution is 2.30. The van der Waals surface area contributed by atoms with Gasteiger partial charge in [0, 0.05) is 11.1 Å². The molecule has 2 heterocycles. The number of hydrogen-bond donors (Lipinski definition) is 1. The molecule has 0 unspecified atom stereocenters. The monoisotopic (exact) mass is 294 g/mol. The van der Waals surface area contributed by atoms with Gasteiger partial charge in [0.15, 0.2) is 11.4 Å². The summed E-state index contributed by atoms with van der Waals surface area (Å²) in [6, 6.07) is 7.88. The van der Waals surface area contributed by atoms with Crippen molar-refractivity contribution in [3.05, 3.63) is 30.6 Å². The van der Waals surface area contributed by atoms with Crippen molar-refractivity contribution >= 4 is 33.6 Å². The van der Waals surface area contributed by atoms with Crippen molar-refractivity contribution in [2.75, 3.05) is 5.43 Å². The van der Waals surface area contributed by atoms with Crippen LogP contribution in [0.4, 0.5) is 5.82 Å². The Bertz CT molecular complexity index is 852. The molecule has 0 radical (unpaired) electrons. The van der Waals surface area contributed by atoms with Crippen molar-refractivity contribution in [2.45, 2.75) is 32.6 Å². The molecule has 1 atom stereocenters. The molecule has 1 saturated carbocycles. The van der Waals surface area contributed by atoms with Gasteiger partial charge in [-0.05, 0) is 37.3 Å². The minimum Gasteiger partial charge on any atom is -0.450 e. The minimum atomic E-state index is 0.536.